The van der Waals surface area contributed by atoms with Crippen LogP contribution in [0.2, 0.25) is 0 Å². The molecule has 32 heavy (non-hydrogen) atoms. The molecule has 1 aliphatic rings. The largest absolute Gasteiger partial charge is 0.403 e. The van der Waals surface area contributed by atoms with Crippen LogP contribution in [0.15, 0.2) is 35.1 Å². The van der Waals surface area contributed by atoms with Crippen molar-refractivity contribution in [2.45, 2.75) is 25.0 Å². The average Bonchev–Trinajstić information content (AvgIpc) is 3.06. The van der Waals surface area contributed by atoms with Crippen LogP contribution in [-0.4, -0.2) is 59.0 Å². The standard InChI is InChI=1S/C20H25F2N7O2S/c1-26-18(29-7-5-12(24)14(30)6-8-29)13(9-23)27-19(31)16-17(25)32-20(28-16)15-10(21)3-2-4-11(15)22/h2-4,9,12,14,30H,5-8,23-25H2,1H3,(H,27,31)/b13-9+,26-18?. The minimum absolute atomic E-state index is 0.00428. The van der Waals surface area contributed by atoms with Gasteiger partial charge in [-0.2, -0.15) is 0 Å². The fraction of sp³-hybridized carbons (Fsp3) is 0.350. The molecule has 0 bridgehead atoms. The molecule has 9 nitrogen and oxygen atoms in total. The number of nitrogens with two attached hydrogens (primary N) is 3. The zero-order valence-electron chi connectivity index (χ0n) is 17.4. The highest BCUT2D eigenvalue weighted by molar-refractivity contribution is 7.19. The normalized spacial score (nSPS) is 20.2. The van der Waals surface area contributed by atoms with E-state index in [9.17, 15) is 18.7 Å². The lowest BCUT2D eigenvalue weighted by atomic mass is 10.1. The fourth-order valence-corrected chi connectivity index (χ4v) is 4.29. The third kappa shape index (κ3) is 4.87. The first kappa shape index (κ1) is 23.6. The van der Waals surface area contributed by atoms with Crippen molar-refractivity contribution in [2.24, 2.45) is 16.5 Å². The van der Waals surface area contributed by atoms with E-state index in [1.807, 2.05) is 4.90 Å². The SMILES string of the molecule is CN=C(/C(=C\N)NC(=O)c1nc(-c2c(F)cccc2F)sc1N)N1CCC(N)C(O)CC1. The van der Waals surface area contributed by atoms with E-state index in [1.165, 1.54) is 12.3 Å². The summed E-state index contributed by atoms with van der Waals surface area (Å²) in [6.07, 6.45) is 1.51. The quantitative estimate of drug-likeness (QED) is 0.333. The van der Waals surface area contributed by atoms with Crippen molar-refractivity contribution in [1.29, 1.82) is 0 Å². The molecular weight excluding hydrogens is 440 g/mol. The van der Waals surface area contributed by atoms with Crippen molar-refractivity contribution < 1.29 is 18.7 Å². The number of aliphatic hydroxyl groups excluding tert-OH is 1. The van der Waals surface area contributed by atoms with Gasteiger partial charge in [0.1, 0.15) is 27.5 Å². The minimum atomic E-state index is -0.810. The van der Waals surface area contributed by atoms with Crippen molar-refractivity contribution in [3.63, 3.8) is 0 Å². The van der Waals surface area contributed by atoms with Gasteiger partial charge in [0.25, 0.3) is 5.91 Å². The first-order chi connectivity index (χ1) is 15.3. The van der Waals surface area contributed by atoms with Crippen molar-refractivity contribution in [1.82, 2.24) is 15.2 Å². The number of aromatic nitrogens is 1. The molecule has 2 atom stereocenters. The molecule has 1 aromatic carbocycles. The molecule has 1 aliphatic heterocycles. The Balaban J connectivity index is 1.82. The summed E-state index contributed by atoms with van der Waals surface area (Å²) in [4.78, 5) is 23.0. The molecule has 3 rings (SSSR count). The summed E-state index contributed by atoms with van der Waals surface area (Å²) >= 11 is 0.797. The number of carbonyl (C=O) groups excluding carboxylic acids is 1. The van der Waals surface area contributed by atoms with Crippen LogP contribution in [-0.2, 0) is 0 Å². The second-order valence-electron chi connectivity index (χ2n) is 7.21. The molecule has 2 aromatic rings. The minimum Gasteiger partial charge on any atom is -0.403 e. The molecule has 0 saturated carbocycles. The Morgan fingerprint density at radius 1 is 1.34 bits per heavy atom. The second kappa shape index (κ2) is 10.0. The van der Waals surface area contributed by atoms with Gasteiger partial charge >= 0.3 is 0 Å². The maximum absolute atomic E-state index is 14.1. The lowest BCUT2D eigenvalue weighted by Crippen LogP contribution is -2.40. The van der Waals surface area contributed by atoms with E-state index in [0.717, 1.165) is 23.5 Å². The predicted molar refractivity (Wildman–Crippen MR) is 120 cm³/mol. The van der Waals surface area contributed by atoms with Crippen LogP contribution in [0, 0.1) is 11.6 Å². The first-order valence-corrected chi connectivity index (χ1v) is 10.7. The molecule has 1 fully saturated rings. The summed E-state index contributed by atoms with van der Waals surface area (Å²) in [5.41, 5.74) is 17.3. The highest BCUT2D eigenvalue weighted by Gasteiger charge is 2.27. The lowest BCUT2D eigenvalue weighted by Gasteiger charge is -2.25. The van der Waals surface area contributed by atoms with E-state index in [1.54, 1.807) is 7.05 Å². The summed E-state index contributed by atoms with van der Waals surface area (Å²) in [5, 5.41) is 12.6. The smallest absolute Gasteiger partial charge is 0.277 e. The van der Waals surface area contributed by atoms with Crippen LogP contribution in [0.4, 0.5) is 13.8 Å². The summed E-state index contributed by atoms with van der Waals surface area (Å²) in [6.45, 7) is 0.970. The van der Waals surface area contributed by atoms with Gasteiger partial charge in [0, 0.05) is 32.4 Å². The topological polar surface area (TPSA) is 156 Å². The van der Waals surface area contributed by atoms with Crippen LogP contribution >= 0.6 is 11.3 Å². The lowest BCUT2D eigenvalue weighted by molar-refractivity contribution is 0.0963. The Bertz CT molecular complexity index is 1020. The van der Waals surface area contributed by atoms with Gasteiger partial charge in [-0.1, -0.05) is 17.4 Å². The van der Waals surface area contributed by atoms with Crippen LogP contribution in [0.5, 0.6) is 0 Å². The van der Waals surface area contributed by atoms with Crippen molar-refractivity contribution in [2.75, 3.05) is 25.9 Å². The molecule has 0 spiro atoms. The number of aliphatic imine (C=N–C) groups is 1. The second-order valence-corrected chi connectivity index (χ2v) is 8.24. The van der Waals surface area contributed by atoms with Gasteiger partial charge in [0.15, 0.2) is 5.69 Å². The van der Waals surface area contributed by atoms with E-state index in [2.05, 4.69) is 15.3 Å². The highest BCUT2D eigenvalue weighted by Crippen LogP contribution is 2.33. The Kier molecular flexibility index (Phi) is 7.38. The number of likely N-dealkylation sites (tertiary alicyclic amines) is 1. The van der Waals surface area contributed by atoms with Crippen molar-refractivity contribution in [3.05, 3.63) is 47.4 Å². The molecule has 1 saturated heterocycles. The van der Waals surface area contributed by atoms with E-state index >= 15 is 0 Å². The molecule has 0 aliphatic carbocycles. The number of hydrogen-bond acceptors (Lipinski definition) is 8. The Morgan fingerprint density at radius 2 is 2.00 bits per heavy atom. The number of anilines is 1. The number of nitrogen functional groups attached to an aromatic ring is 1. The zero-order chi connectivity index (χ0) is 23.4. The summed E-state index contributed by atoms with van der Waals surface area (Å²) in [5.74, 6) is -1.92. The van der Waals surface area contributed by atoms with Crippen molar-refractivity contribution >= 4 is 28.1 Å². The number of nitrogens with one attached hydrogen (secondary N) is 1. The Morgan fingerprint density at radius 3 is 2.62 bits per heavy atom. The number of halogens is 2. The van der Waals surface area contributed by atoms with Gasteiger partial charge in [-0.3, -0.25) is 9.79 Å². The maximum Gasteiger partial charge on any atom is 0.277 e. The highest BCUT2D eigenvalue weighted by atomic mass is 32.1. The molecule has 1 amide bonds. The molecular formula is C20H25F2N7O2S. The number of carbonyl (C=O) groups is 1. The molecule has 2 heterocycles. The van der Waals surface area contributed by atoms with Gasteiger partial charge in [-0.25, -0.2) is 13.8 Å². The fourth-order valence-electron chi connectivity index (χ4n) is 3.41. The number of amides is 1. The molecule has 0 radical (unpaired) electrons. The number of nitrogens with zero attached hydrogens (tertiary/aromatic N) is 3. The zero-order valence-corrected chi connectivity index (χ0v) is 18.2. The van der Waals surface area contributed by atoms with E-state index < -0.39 is 23.6 Å². The van der Waals surface area contributed by atoms with Gasteiger partial charge in [-0.15, -0.1) is 0 Å². The number of hydrogen-bond donors (Lipinski definition) is 5. The number of thiazole rings is 1. The summed E-state index contributed by atoms with van der Waals surface area (Å²) < 4.78 is 28.2. The summed E-state index contributed by atoms with van der Waals surface area (Å²) in [7, 11) is 1.54. The third-order valence-electron chi connectivity index (χ3n) is 5.13. The van der Waals surface area contributed by atoms with Gasteiger partial charge in [0.2, 0.25) is 0 Å². The molecule has 1 aromatic heterocycles. The Hall–Kier alpha value is -3.09. The number of amidine groups is 1. The number of aliphatic hydroxyl groups is 1. The van der Waals surface area contributed by atoms with Gasteiger partial charge in [0.05, 0.1) is 17.4 Å². The number of benzene rings is 1. The monoisotopic (exact) mass is 465 g/mol. The predicted octanol–water partition coefficient (Wildman–Crippen LogP) is 1.01. The average molecular weight is 466 g/mol. The van der Waals surface area contributed by atoms with E-state index in [0.29, 0.717) is 31.8 Å². The van der Waals surface area contributed by atoms with Crippen LogP contribution < -0.4 is 22.5 Å². The van der Waals surface area contributed by atoms with E-state index in [-0.39, 0.29) is 33.0 Å². The molecule has 2 unspecified atom stereocenters. The van der Waals surface area contributed by atoms with E-state index in [4.69, 9.17) is 17.2 Å². The van der Waals surface area contributed by atoms with Crippen LogP contribution in [0.1, 0.15) is 23.3 Å². The first-order valence-electron chi connectivity index (χ1n) is 9.86. The van der Waals surface area contributed by atoms with Gasteiger partial charge in [-0.05, 0) is 25.0 Å². The van der Waals surface area contributed by atoms with Crippen LogP contribution in [0.3, 0.4) is 0 Å². The molecule has 172 valence electrons. The third-order valence-corrected chi connectivity index (χ3v) is 6.04. The number of rotatable bonds is 4. The molecule has 12 heteroatoms. The Labute approximate surface area is 187 Å². The molecule has 8 N–H and O–H groups in total. The van der Waals surface area contributed by atoms with Gasteiger partial charge < -0.3 is 32.5 Å². The summed E-state index contributed by atoms with van der Waals surface area (Å²) in [6, 6.07) is 3.07. The van der Waals surface area contributed by atoms with Crippen molar-refractivity contribution in [3.8, 4) is 10.6 Å². The van der Waals surface area contributed by atoms with Crippen LogP contribution in [0.25, 0.3) is 10.6 Å². The maximum atomic E-state index is 14.1.